The van der Waals surface area contributed by atoms with E-state index in [1.54, 1.807) is 12.1 Å². The summed E-state index contributed by atoms with van der Waals surface area (Å²) in [6, 6.07) is 14.4. The number of aldehydes is 1. The number of amides is 1. The molecule has 0 aromatic heterocycles. The minimum atomic E-state index is -0.902. The zero-order valence-electron chi connectivity index (χ0n) is 15.8. The molecular formula is C21H21NO7. The second-order valence-electron chi connectivity index (χ2n) is 5.97. The van der Waals surface area contributed by atoms with E-state index in [9.17, 15) is 19.2 Å². The maximum Gasteiger partial charge on any atom is 0.344 e. The van der Waals surface area contributed by atoms with Crippen molar-refractivity contribution in [1.29, 1.82) is 0 Å². The van der Waals surface area contributed by atoms with Crippen LogP contribution in [0.5, 0.6) is 5.75 Å². The van der Waals surface area contributed by atoms with Crippen molar-refractivity contribution in [3.05, 3.63) is 65.7 Å². The summed E-state index contributed by atoms with van der Waals surface area (Å²) < 4.78 is 14.8. The SMILES string of the molecule is COC(=O)[C@H](Cc1ccccc1)NC(=O)COC(=O)COc1ccc(C=O)cc1. The molecule has 152 valence electrons. The Morgan fingerprint density at radius 2 is 1.69 bits per heavy atom. The normalized spacial score (nSPS) is 11.1. The monoisotopic (exact) mass is 399 g/mol. The van der Waals surface area contributed by atoms with Crippen molar-refractivity contribution >= 4 is 24.1 Å². The highest BCUT2D eigenvalue weighted by atomic mass is 16.6. The highest BCUT2D eigenvalue weighted by Gasteiger charge is 2.22. The van der Waals surface area contributed by atoms with Gasteiger partial charge in [0, 0.05) is 12.0 Å². The van der Waals surface area contributed by atoms with Gasteiger partial charge in [0.25, 0.3) is 5.91 Å². The van der Waals surface area contributed by atoms with Crippen LogP contribution >= 0.6 is 0 Å². The average molecular weight is 399 g/mol. The number of rotatable bonds is 10. The van der Waals surface area contributed by atoms with Gasteiger partial charge in [0.2, 0.25) is 0 Å². The number of benzene rings is 2. The Labute approximate surface area is 167 Å². The fraction of sp³-hybridized carbons (Fsp3) is 0.238. The Hall–Kier alpha value is -3.68. The van der Waals surface area contributed by atoms with Crippen LogP contribution in [0.4, 0.5) is 0 Å². The first-order valence-electron chi connectivity index (χ1n) is 8.76. The standard InChI is InChI=1S/C21H21NO7/c1-27-21(26)18(11-15-5-3-2-4-6-15)22-19(24)13-29-20(25)14-28-17-9-7-16(12-23)8-10-17/h2-10,12,18H,11,13-14H2,1H3,(H,22,24)/t18-/m0/s1. The molecule has 0 radical (unpaired) electrons. The molecule has 0 aliphatic carbocycles. The summed E-state index contributed by atoms with van der Waals surface area (Å²) in [5.74, 6) is -1.61. The van der Waals surface area contributed by atoms with Crippen molar-refractivity contribution in [2.45, 2.75) is 12.5 Å². The molecule has 0 aliphatic rings. The van der Waals surface area contributed by atoms with Crippen LogP contribution in [0.15, 0.2) is 54.6 Å². The van der Waals surface area contributed by atoms with E-state index >= 15 is 0 Å². The first-order valence-corrected chi connectivity index (χ1v) is 8.76. The number of methoxy groups -OCH3 is 1. The van der Waals surface area contributed by atoms with Crippen LogP contribution in [0.3, 0.4) is 0 Å². The molecule has 0 saturated heterocycles. The molecule has 0 bridgehead atoms. The van der Waals surface area contributed by atoms with Crippen LogP contribution in [0.2, 0.25) is 0 Å². The van der Waals surface area contributed by atoms with E-state index < -0.39 is 37.1 Å². The molecule has 8 heteroatoms. The summed E-state index contributed by atoms with van der Waals surface area (Å²) in [6.07, 6.45) is 0.934. The summed E-state index contributed by atoms with van der Waals surface area (Å²) >= 11 is 0. The van der Waals surface area contributed by atoms with Gasteiger partial charge in [-0.25, -0.2) is 9.59 Å². The summed E-state index contributed by atoms with van der Waals surface area (Å²) in [6.45, 7) is -0.966. The van der Waals surface area contributed by atoms with E-state index in [2.05, 4.69) is 5.32 Å². The van der Waals surface area contributed by atoms with Crippen LogP contribution in [-0.4, -0.2) is 50.5 Å². The molecule has 2 aromatic rings. The number of carbonyl (C=O) groups excluding carboxylic acids is 4. The smallest absolute Gasteiger partial charge is 0.344 e. The number of ether oxygens (including phenoxy) is 3. The maximum atomic E-state index is 12.0. The zero-order chi connectivity index (χ0) is 21.1. The molecule has 0 spiro atoms. The van der Waals surface area contributed by atoms with Gasteiger partial charge in [-0.05, 0) is 29.8 Å². The first kappa shape index (κ1) is 21.6. The largest absolute Gasteiger partial charge is 0.482 e. The number of hydrogen-bond acceptors (Lipinski definition) is 7. The van der Waals surface area contributed by atoms with E-state index in [-0.39, 0.29) is 6.42 Å². The van der Waals surface area contributed by atoms with Gasteiger partial charge in [0.05, 0.1) is 7.11 Å². The molecule has 2 rings (SSSR count). The molecule has 0 aliphatic heterocycles. The first-order chi connectivity index (χ1) is 14.0. The van der Waals surface area contributed by atoms with Gasteiger partial charge in [0.1, 0.15) is 18.1 Å². The summed E-state index contributed by atoms with van der Waals surface area (Å²) in [5.41, 5.74) is 1.32. The lowest BCUT2D eigenvalue weighted by atomic mass is 10.1. The van der Waals surface area contributed by atoms with E-state index in [0.717, 1.165) is 5.56 Å². The minimum absolute atomic E-state index is 0.243. The van der Waals surface area contributed by atoms with Gasteiger partial charge in [0.15, 0.2) is 13.2 Å². The third-order valence-electron chi connectivity index (χ3n) is 3.84. The van der Waals surface area contributed by atoms with Crippen LogP contribution < -0.4 is 10.1 Å². The summed E-state index contributed by atoms with van der Waals surface area (Å²) in [7, 11) is 1.23. The minimum Gasteiger partial charge on any atom is -0.482 e. The average Bonchev–Trinajstić information content (AvgIpc) is 2.76. The van der Waals surface area contributed by atoms with Crippen LogP contribution in [0.1, 0.15) is 15.9 Å². The highest BCUT2D eigenvalue weighted by molar-refractivity contribution is 5.86. The second kappa shape index (κ2) is 11.2. The lowest BCUT2D eigenvalue weighted by Gasteiger charge is -2.16. The van der Waals surface area contributed by atoms with Gasteiger partial charge in [-0.3, -0.25) is 9.59 Å². The maximum absolute atomic E-state index is 12.0. The lowest BCUT2D eigenvalue weighted by molar-refractivity contribution is -0.151. The van der Waals surface area contributed by atoms with Gasteiger partial charge in [-0.2, -0.15) is 0 Å². The zero-order valence-corrected chi connectivity index (χ0v) is 15.8. The molecule has 2 aromatic carbocycles. The second-order valence-corrected chi connectivity index (χ2v) is 5.97. The molecule has 0 fully saturated rings. The Morgan fingerprint density at radius 1 is 1.00 bits per heavy atom. The number of esters is 2. The van der Waals surface area contributed by atoms with Crippen LogP contribution in [-0.2, 0) is 30.3 Å². The summed E-state index contributed by atoms with van der Waals surface area (Å²) in [4.78, 5) is 46.3. The van der Waals surface area contributed by atoms with E-state index in [0.29, 0.717) is 17.6 Å². The molecular weight excluding hydrogens is 378 g/mol. The van der Waals surface area contributed by atoms with Gasteiger partial charge >= 0.3 is 11.9 Å². The van der Waals surface area contributed by atoms with Crippen molar-refractivity contribution in [1.82, 2.24) is 5.32 Å². The Kier molecular flexibility index (Phi) is 8.37. The molecule has 1 amide bonds. The van der Waals surface area contributed by atoms with E-state index in [1.807, 2.05) is 30.3 Å². The fourth-order valence-corrected chi connectivity index (χ4v) is 2.39. The number of nitrogens with one attached hydrogen (secondary N) is 1. The predicted octanol–water partition coefficient (Wildman–Crippen LogP) is 1.32. The van der Waals surface area contributed by atoms with Gasteiger partial charge in [-0.15, -0.1) is 0 Å². The van der Waals surface area contributed by atoms with Crippen LogP contribution in [0.25, 0.3) is 0 Å². The van der Waals surface area contributed by atoms with E-state index in [4.69, 9.17) is 14.2 Å². The molecule has 1 atom stereocenters. The highest BCUT2D eigenvalue weighted by Crippen LogP contribution is 2.11. The van der Waals surface area contributed by atoms with Gasteiger partial charge in [-0.1, -0.05) is 30.3 Å². The van der Waals surface area contributed by atoms with Crippen LogP contribution in [0, 0.1) is 0 Å². The van der Waals surface area contributed by atoms with Crippen molar-refractivity contribution in [3.63, 3.8) is 0 Å². The third-order valence-corrected chi connectivity index (χ3v) is 3.84. The Morgan fingerprint density at radius 3 is 2.31 bits per heavy atom. The topological polar surface area (TPSA) is 108 Å². The molecule has 1 N–H and O–H groups in total. The van der Waals surface area contributed by atoms with Crippen molar-refractivity contribution < 1.29 is 33.4 Å². The molecule has 0 unspecified atom stereocenters. The predicted molar refractivity (Wildman–Crippen MR) is 102 cm³/mol. The molecule has 0 saturated carbocycles. The molecule has 8 nitrogen and oxygen atoms in total. The number of hydrogen-bond donors (Lipinski definition) is 1. The Bertz CT molecular complexity index is 834. The van der Waals surface area contributed by atoms with Crippen molar-refractivity contribution in [2.24, 2.45) is 0 Å². The quantitative estimate of drug-likeness (QED) is 0.474. The summed E-state index contributed by atoms with van der Waals surface area (Å²) in [5, 5.41) is 2.49. The molecule has 0 heterocycles. The van der Waals surface area contributed by atoms with Crippen molar-refractivity contribution in [3.8, 4) is 5.75 Å². The number of carbonyl (C=O) groups is 4. The van der Waals surface area contributed by atoms with Gasteiger partial charge < -0.3 is 19.5 Å². The third kappa shape index (κ3) is 7.45. The molecule has 29 heavy (non-hydrogen) atoms. The van der Waals surface area contributed by atoms with Crippen molar-refractivity contribution in [2.75, 3.05) is 20.3 Å². The Balaban J connectivity index is 1.78. The fourth-order valence-electron chi connectivity index (χ4n) is 2.39. The lowest BCUT2D eigenvalue weighted by Crippen LogP contribution is -2.44. The van der Waals surface area contributed by atoms with E-state index in [1.165, 1.54) is 19.2 Å².